The molecule has 5 atom stereocenters. The Morgan fingerprint density at radius 1 is 1.08 bits per heavy atom. The first kappa shape index (κ1) is 25.2. The quantitative estimate of drug-likeness (QED) is 0.179. The maximum Gasteiger partial charge on any atom is 0.229 e. The number of rotatable bonds is 6. The summed E-state index contributed by atoms with van der Waals surface area (Å²) >= 11 is 0. The number of nitrogens with zero attached hydrogens (tertiary/aromatic N) is 6. The molecule has 5 unspecified atom stereocenters. The lowest BCUT2D eigenvalue weighted by molar-refractivity contribution is -0.277. The summed E-state index contributed by atoms with van der Waals surface area (Å²) in [6.07, 6.45) is -2.39. The smallest absolute Gasteiger partial charge is 0.229 e. The van der Waals surface area contributed by atoms with E-state index < -0.39 is 37.3 Å². The first-order valence-electron chi connectivity index (χ1n) is 11.5. The minimum absolute atomic E-state index is 0.0813. The van der Waals surface area contributed by atoms with E-state index in [0.717, 1.165) is 0 Å². The molecular weight excluding hydrogens is 494 g/mol. The van der Waals surface area contributed by atoms with Crippen molar-refractivity contribution in [2.75, 3.05) is 6.61 Å². The average molecular weight is 518 g/mol. The fourth-order valence-corrected chi connectivity index (χ4v) is 3.93. The van der Waals surface area contributed by atoms with Gasteiger partial charge in [-0.3, -0.25) is 5.41 Å². The molecule has 0 aliphatic carbocycles. The summed E-state index contributed by atoms with van der Waals surface area (Å²) in [6, 6.07) is 13.5. The second kappa shape index (κ2) is 10.5. The van der Waals surface area contributed by atoms with E-state index in [0.29, 0.717) is 33.7 Å². The van der Waals surface area contributed by atoms with Crippen LogP contribution >= 0.6 is 0 Å². The van der Waals surface area contributed by atoms with Crippen molar-refractivity contribution < 1.29 is 29.9 Å². The van der Waals surface area contributed by atoms with E-state index in [4.69, 9.17) is 21.5 Å². The number of aromatic nitrogens is 4. The molecule has 5 rings (SSSR count). The summed E-state index contributed by atoms with van der Waals surface area (Å²) in [5.74, 6) is 0.320. The van der Waals surface area contributed by atoms with Gasteiger partial charge in [0.1, 0.15) is 36.5 Å². The van der Waals surface area contributed by atoms with Gasteiger partial charge in [0.15, 0.2) is 16.8 Å². The fraction of sp³-hybridized carbons (Fsp3) is 0.240. The Morgan fingerprint density at radius 2 is 1.82 bits per heavy atom. The molecular formula is C25H23N7O6. The minimum Gasteiger partial charge on any atom is -0.462 e. The lowest BCUT2D eigenvalue weighted by Gasteiger charge is -2.39. The van der Waals surface area contributed by atoms with E-state index in [1.54, 1.807) is 53.2 Å². The Bertz CT molecular complexity index is 1560. The van der Waals surface area contributed by atoms with Gasteiger partial charge in [-0.05, 0) is 42.0 Å². The van der Waals surface area contributed by atoms with Crippen LogP contribution in [0.1, 0.15) is 5.56 Å². The van der Waals surface area contributed by atoms with E-state index in [2.05, 4.69) is 20.0 Å². The summed E-state index contributed by atoms with van der Waals surface area (Å²) in [6.45, 7) is 6.53. The summed E-state index contributed by atoms with van der Waals surface area (Å²) in [7, 11) is 0. The summed E-state index contributed by atoms with van der Waals surface area (Å²) in [5, 5.41) is 56.9. The van der Waals surface area contributed by atoms with Crippen molar-refractivity contribution in [3.05, 3.63) is 83.5 Å². The van der Waals surface area contributed by atoms with Crippen molar-refractivity contribution in [3.8, 4) is 11.4 Å². The van der Waals surface area contributed by atoms with Crippen molar-refractivity contribution in [3.63, 3.8) is 0 Å². The zero-order valence-corrected chi connectivity index (χ0v) is 19.7. The summed E-state index contributed by atoms with van der Waals surface area (Å²) in [4.78, 5) is 7.78. The average Bonchev–Trinajstić information content (AvgIpc) is 3.39. The van der Waals surface area contributed by atoms with Crippen LogP contribution in [0.4, 0.5) is 5.69 Å². The molecule has 0 spiro atoms. The zero-order chi connectivity index (χ0) is 26.8. The lowest BCUT2D eigenvalue weighted by atomic mass is 9.99. The standard InChI is InChI=1S/C25H23N7O6/c1-27-15-4-6-16(7-5-15)32-24-18(11-30-32)23(26)31(13-28-24)29-10-14-2-8-17(9-3-14)37-25-22(36)21(35)20(34)19(12-33)38-25/h2-11,13,19-22,25-26,33-36H,12H2/b26-23?,29-10-. The number of fused-ring (bicyclic) bond motifs is 1. The molecule has 0 radical (unpaired) electrons. The molecule has 1 aliphatic heterocycles. The van der Waals surface area contributed by atoms with Gasteiger partial charge >= 0.3 is 0 Å². The van der Waals surface area contributed by atoms with E-state index in [9.17, 15) is 20.4 Å². The first-order chi connectivity index (χ1) is 18.4. The highest BCUT2D eigenvalue weighted by Gasteiger charge is 2.44. The normalized spacial score (nSPS) is 23.5. The fourth-order valence-electron chi connectivity index (χ4n) is 3.93. The molecule has 194 valence electrons. The Morgan fingerprint density at radius 3 is 2.50 bits per heavy atom. The van der Waals surface area contributed by atoms with Crippen LogP contribution in [0.25, 0.3) is 21.6 Å². The number of hydrogen-bond donors (Lipinski definition) is 5. The Labute approximate surface area is 215 Å². The number of hydrogen-bond acceptors (Lipinski definition) is 10. The molecule has 38 heavy (non-hydrogen) atoms. The van der Waals surface area contributed by atoms with Crippen molar-refractivity contribution in [2.24, 2.45) is 5.10 Å². The van der Waals surface area contributed by atoms with E-state index in [1.807, 2.05) is 0 Å². The van der Waals surface area contributed by atoms with Crippen LogP contribution in [0.3, 0.4) is 0 Å². The van der Waals surface area contributed by atoms with Crippen molar-refractivity contribution >= 4 is 22.9 Å². The molecule has 1 aliphatic rings. The van der Waals surface area contributed by atoms with Crippen molar-refractivity contribution in [2.45, 2.75) is 30.7 Å². The topological polar surface area (TPSA) is 176 Å². The van der Waals surface area contributed by atoms with Gasteiger partial charge in [0.2, 0.25) is 6.29 Å². The van der Waals surface area contributed by atoms with Crippen LogP contribution in [-0.2, 0) is 4.74 Å². The Balaban J connectivity index is 1.30. The number of benzene rings is 2. The zero-order valence-electron chi connectivity index (χ0n) is 19.7. The van der Waals surface area contributed by atoms with Crippen LogP contribution < -0.4 is 10.2 Å². The van der Waals surface area contributed by atoms with E-state index >= 15 is 0 Å². The third-order valence-electron chi connectivity index (χ3n) is 6.05. The molecule has 3 heterocycles. The minimum atomic E-state index is -1.53. The van der Waals surface area contributed by atoms with Crippen LogP contribution in [0, 0.1) is 12.0 Å². The molecule has 0 saturated carbocycles. The largest absolute Gasteiger partial charge is 0.462 e. The molecule has 0 amide bonds. The third-order valence-corrected chi connectivity index (χ3v) is 6.05. The molecule has 13 nitrogen and oxygen atoms in total. The van der Waals surface area contributed by atoms with Gasteiger partial charge in [0.05, 0.1) is 36.7 Å². The maximum atomic E-state index is 10.1. The Hall–Kier alpha value is -4.45. The predicted molar refractivity (Wildman–Crippen MR) is 133 cm³/mol. The molecule has 2 aromatic heterocycles. The van der Waals surface area contributed by atoms with Gasteiger partial charge in [-0.1, -0.05) is 12.1 Å². The van der Waals surface area contributed by atoms with Crippen LogP contribution in [0.15, 0.2) is 66.2 Å². The first-order valence-corrected chi connectivity index (χ1v) is 11.5. The van der Waals surface area contributed by atoms with Gasteiger partial charge < -0.3 is 29.9 Å². The summed E-state index contributed by atoms with van der Waals surface area (Å²) < 4.78 is 13.8. The second-order valence-corrected chi connectivity index (χ2v) is 8.49. The van der Waals surface area contributed by atoms with Gasteiger partial charge in [0.25, 0.3) is 0 Å². The lowest BCUT2D eigenvalue weighted by Crippen LogP contribution is -2.60. The molecule has 5 N–H and O–H groups in total. The summed E-state index contributed by atoms with van der Waals surface area (Å²) in [5.41, 5.74) is 2.46. The molecule has 13 heteroatoms. The SMILES string of the molecule is [C-]#[N+]c1ccc(-n2ncc3c(=N)n(/N=C\c4ccc(OC5OC(CO)C(O)C(O)C5O)cc4)cnc32)cc1. The third kappa shape index (κ3) is 4.77. The van der Waals surface area contributed by atoms with Crippen LogP contribution in [0.2, 0.25) is 0 Å². The number of nitrogens with one attached hydrogen (secondary N) is 1. The Kier molecular flexibility index (Phi) is 6.97. The number of aliphatic hydroxyl groups excluding tert-OH is 4. The van der Waals surface area contributed by atoms with Gasteiger partial charge in [0, 0.05) is 0 Å². The molecule has 1 saturated heterocycles. The van der Waals surface area contributed by atoms with Gasteiger partial charge in [-0.2, -0.15) is 10.2 Å². The highest BCUT2D eigenvalue weighted by atomic mass is 16.7. The van der Waals surface area contributed by atoms with E-state index in [-0.39, 0.29) is 5.49 Å². The second-order valence-electron chi connectivity index (χ2n) is 8.49. The van der Waals surface area contributed by atoms with E-state index in [1.165, 1.54) is 23.4 Å². The van der Waals surface area contributed by atoms with Crippen molar-refractivity contribution in [1.29, 1.82) is 5.41 Å². The van der Waals surface area contributed by atoms with Crippen molar-refractivity contribution in [1.82, 2.24) is 19.4 Å². The predicted octanol–water partition coefficient (Wildman–Crippen LogP) is 0.313. The molecule has 2 aromatic carbocycles. The van der Waals surface area contributed by atoms with Gasteiger partial charge in [-0.15, -0.1) is 0 Å². The van der Waals surface area contributed by atoms with Gasteiger partial charge in [-0.25, -0.2) is 19.2 Å². The molecule has 4 aromatic rings. The van der Waals surface area contributed by atoms with Crippen LogP contribution in [0.5, 0.6) is 5.75 Å². The maximum absolute atomic E-state index is 10.1. The number of aliphatic hydroxyl groups is 4. The molecule has 1 fully saturated rings. The highest BCUT2D eigenvalue weighted by Crippen LogP contribution is 2.24. The monoisotopic (exact) mass is 517 g/mol. The highest BCUT2D eigenvalue weighted by molar-refractivity contribution is 5.80. The number of ether oxygens (including phenoxy) is 2. The molecule has 0 bridgehead atoms. The van der Waals surface area contributed by atoms with Crippen LogP contribution in [-0.4, -0.2) is 83.4 Å².